The molecule has 4 aliphatic heterocycles. The van der Waals surface area contributed by atoms with Gasteiger partial charge in [0.15, 0.2) is 5.78 Å². The first-order valence-corrected chi connectivity index (χ1v) is 9.10. The van der Waals surface area contributed by atoms with Crippen LogP contribution in [0.25, 0.3) is 0 Å². The molecule has 0 spiro atoms. The van der Waals surface area contributed by atoms with E-state index < -0.39 is 0 Å². The number of piperidine rings is 3. The normalized spacial score (nSPS) is 37.5. The van der Waals surface area contributed by atoms with Crippen LogP contribution in [-0.2, 0) is 0 Å². The Balaban J connectivity index is 1.54. The van der Waals surface area contributed by atoms with Gasteiger partial charge in [0, 0.05) is 42.9 Å². The Labute approximate surface area is 141 Å². The molecule has 1 amide bonds. The van der Waals surface area contributed by atoms with Gasteiger partial charge in [-0.25, -0.2) is 0 Å². The molecule has 6 rings (SSSR count). The molecule has 0 N–H and O–H groups in total. The van der Waals surface area contributed by atoms with Gasteiger partial charge in [-0.3, -0.25) is 9.59 Å². The molecule has 2 atom stereocenters. The van der Waals surface area contributed by atoms with E-state index in [2.05, 4.69) is 0 Å². The van der Waals surface area contributed by atoms with E-state index in [-0.39, 0.29) is 28.3 Å². The van der Waals surface area contributed by atoms with E-state index in [1.54, 1.807) is 0 Å². The molecule has 0 unspecified atom stereocenters. The van der Waals surface area contributed by atoms with Crippen LogP contribution >= 0.6 is 0 Å². The number of carbonyl (C=O) groups is 2. The topological polar surface area (TPSA) is 60.4 Å². The zero-order valence-electron chi connectivity index (χ0n) is 13.7. The monoisotopic (exact) mass is 326 g/mol. The summed E-state index contributed by atoms with van der Waals surface area (Å²) in [6.45, 7) is 2.65. The highest BCUT2D eigenvalue weighted by Crippen LogP contribution is 2.42. The summed E-state index contributed by atoms with van der Waals surface area (Å²) in [5, 5.41) is 12.7. The number of quaternary nitrogens is 1. The van der Waals surface area contributed by atoms with Crippen LogP contribution in [0.15, 0.2) is 18.2 Å². The fraction of sp³-hybridized carbons (Fsp3) is 0.579. The summed E-state index contributed by atoms with van der Waals surface area (Å²) in [4.78, 5) is 27.3. The number of hydroxylamine groups is 3. The molecule has 3 fully saturated rings. The largest absolute Gasteiger partial charge is 0.633 e. The Kier molecular flexibility index (Phi) is 2.98. The SMILES string of the molecule is O=C1CC[C@@H]2CN([C@@H]3C[N+]4([O-])CCC3CC4)C(=O)c3cccc1c32. The number of fused-ring (bicyclic) bond motifs is 3. The number of ketones is 1. The highest BCUT2D eigenvalue weighted by Gasteiger charge is 2.48. The first-order chi connectivity index (χ1) is 11.6. The first-order valence-electron chi connectivity index (χ1n) is 9.10. The molecule has 5 heteroatoms. The molecule has 126 valence electrons. The third kappa shape index (κ3) is 1.94. The van der Waals surface area contributed by atoms with Gasteiger partial charge in [0.1, 0.15) is 0 Å². The van der Waals surface area contributed by atoms with Crippen LogP contribution in [0.5, 0.6) is 0 Å². The minimum atomic E-state index is -0.124. The van der Waals surface area contributed by atoms with Crippen LogP contribution < -0.4 is 0 Å². The fourth-order valence-corrected chi connectivity index (χ4v) is 5.43. The van der Waals surface area contributed by atoms with E-state index in [1.165, 1.54) is 0 Å². The molecule has 3 saturated heterocycles. The van der Waals surface area contributed by atoms with Crippen LogP contribution in [0, 0.1) is 11.1 Å². The molecular formula is C19H22N2O3. The van der Waals surface area contributed by atoms with E-state index in [0.717, 1.165) is 30.4 Å². The lowest BCUT2D eigenvalue weighted by Crippen LogP contribution is -2.66. The molecule has 1 aromatic carbocycles. The summed E-state index contributed by atoms with van der Waals surface area (Å²) < 4.78 is -0.124. The maximum atomic E-state index is 13.1. The van der Waals surface area contributed by atoms with E-state index in [0.29, 0.717) is 44.1 Å². The number of hydrogen-bond donors (Lipinski definition) is 0. The van der Waals surface area contributed by atoms with Crippen molar-refractivity contribution < 1.29 is 14.2 Å². The van der Waals surface area contributed by atoms with Crippen molar-refractivity contribution in [2.75, 3.05) is 26.2 Å². The Morgan fingerprint density at radius 2 is 1.83 bits per heavy atom. The molecular weight excluding hydrogens is 304 g/mol. The van der Waals surface area contributed by atoms with Gasteiger partial charge in [0.05, 0.1) is 25.7 Å². The molecule has 4 heterocycles. The second kappa shape index (κ2) is 4.90. The van der Waals surface area contributed by atoms with Gasteiger partial charge in [0.2, 0.25) is 0 Å². The third-order valence-electron chi connectivity index (χ3n) is 6.72. The summed E-state index contributed by atoms with van der Waals surface area (Å²) in [5.41, 5.74) is 2.42. The molecule has 1 aliphatic carbocycles. The molecule has 1 aromatic rings. The highest BCUT2D eigenvalue weighted by molar-refractivity contribution is 6.05. The Morgan fingerprint density at radius 3 is 2.58 bits per heavy atom. The molecule has 5 aliphatic rings. The van der Waals surface area contributed by atoms with Crippen molar-refractivity contribution in [2.45, 2.75) is 37.6 Å². The first kappa shape index (κ1) is 14.6. The number of amides is 1. The van der Waals surface area contributed by atoms with Crippen molar-refractivity contribution >= 4 is 11.7 Å². The number of carbonyl (C=O) groups excluding carboxylic acids is 2. The lowest BCUT2D eigenvalue weighted by atomic mass is 9.75. The number of hydrogen-bond acceptors (Lipinski definition) is 3. The summed E-state index contributed by atoms with van der Waals surface area (Å²) in [7, 11) is 0. The van der Waals surface area contributed by atoms with Crippen LogP contribution in [0.4, 0.5) is 0 Å². The number of rotatable bonds is 1. The van der Waals surface area contributed by atoms with Crippen LogP contribution in [0.3, 0.4) is 0 Å². The minimum absolute atomic E-state index is 0.0307. The molecule has 0 radical (unpaired) electrons. The number of Topliss-reactive ketones (excluding diaryl/α,β-unsaturated/α-hetero) is 1. The van der Waals surface area contributed by atoms with Gasteiger partial charge in [-0.15, -0.1) is 0 Å². The lowest BCUT2D eigenvalue weighted by Gasteiger charge is -2.58. The second-order valence-electron chi connectivity index (χ2n) is 7.98. The number of nitrogens with zero attached hydrogens (tertiary/aromatic N) is 2. The molecule has 2 bridgehead atoms. The Morgan fingerprint density at radius 1 is 1.08 bits per heavy atom. The van der Waals surface area contributed by atoms with Gasteiger partial charge in [0.25, 0.3) is 5.91 Å². The van der Waals surface area contributed by atoms with Crippen LogP contribution in [-0.4, -0.2) is 53.5 Å². The predicted octanol–water partition coefficient (Wildman–Crippen LogP) is 2.31. The van der Waals surface area contributed by atoms with Crippen molar-refractivity contribution in [1.82, 2.24) is 4.90 Å². The number of benzene rings is 1. The van der Waals surface area contributed by atoms with Crippen LogP contribution in [0.1, 0.15) is 57.9 Å². The smallest absolute Gasteiger partial charge is 0.254 e. The average Bonchev–Trinajstić information content (AvgIpc) is 2.60. The Bertz CT molecular complexity index is 736. The molecule has 0 saturated carbocycles. The van der Waals surface area contributed by atoms with Crippen molar-refractivity contribution in [3.8, 4) is 0 Å². The van der Waals surface area contributed by atoms with Crippen molar-refractivity contribution in [3.63, 3.8) is 0 Å². The van der Waals surface area contributed by atoms with Crippen molar-refractivity contribution in [2.24, 2.45) is 5.92 Å². The third-order valence-corrected chi connectivity index (χ3v) is 6.72. The highest BCUT2D eigenvalue weighted by atomic mass is 16.5. The summed E-state index contributed by atoms with van der Waals surface area (Å²) in [6.07, 6.45) is 3.27. The molecule has 0 aromatic heterocycles. The predicted molar refractivity (Wildman–Crippen MR) is 88.5 cm³/mol. The van der Waals surface area contributed by atoms with Crippen LogP contribution in [0.2, 0.25) is 0 Å². The summed E-state index contributed by atoms with van der Waals surface area (Å²) in [6, 6.07) is 5.63. The fourth-order valence-electron chi connectivity index (χ4n) is 5.43. The van der Waals surface area contributed by atoms with Gasteiger partial charge in [-0.05, 0) is 24.0 Å². The maximum absolute atomic E-state index is 13.1. The standard InChI is InChI=1S/C19H22N2O3/c22-17-5-4-13-10-20(16-11-21(24)8-6-12(16)7-9-21)19(23)15-3-1-2-14(17)18(13)15/h1-3,12-13,16H,4-11H2/t12?,13-,16-,21?/m1/s1. The molecule has 5 nitrogen and oxygen atoms in total. The summed E-state index contributed by atoms with van der Waals surface area (Å²) in [5.74, 6) is 0.916. The van der Waals surface area contributed by atoms with Gasteiger partial charge in [-0.1, -0.05) is 12.1 Å². The van der Waals surface area contributed by atoms with E-state index in [1.807, 2.05) is 23.1 Å². The average molecular weight is 326 g/mol. The maximum Gasteiger partial charge on any atom is 0.254 e. The Hall–Kier alpha value is -1.72. The minimum Gasteiger partial charge on any atom is -0.633 e. The van der Waals surface area contributed by atoms with Crippen molar-refractivity contribution in [1.29, 1.82) is 0 Å². The van der Waals surface area contributed by atoms with Gasteiger partial charge in [-0.2, -0.15) is 0 Å². The quantitative estimate of drug-likeness (QED) is 0.588. The summed E-state index contributed by atoms with van der Waals surface area (Å²) >= 11 is 0. The van der Waals surface area contributed by atoms with E-state index in [4.69, 9.17) is 0 Å². The zero-order valence-corrected chi connectivity index (χ0v) is 13.7. The second-order valence-corrected chi connectivity index (χ2v) is 7.98. The lowest BCUT2D eigenvalue weighted by molar-refractivity contribution is -0.899. The molecule has 24 heavy (non-hydrogen) atoms. The van der Waals surface area contributed by atoms with Gasteiger partial charge >= 0.3 is 0 Å². The van der Waals surface area contributed by atoms with E-state index in [9.17, 15) is 14.8 Å². The van der Waals surface area contributed by atoms with Gasteiger partial charge < -0.3 is 14.8 Å². The van der Waals surface area contributed by atoms with Crippen molar-refractivity contribution in [3.05, 3.63) is 40.1 Å². The zero-order chi connectivity index (χ0) is 16.5. The van der Waals surface area contributed by atoms with E-state index >= 15 is 0 Å².